The molecule has 0 aliphatic carbocycles. The van der Waals surface area contributed by atoms with Crippen LogP contribution >= 0.6 is 0 Å². The van der Waals surface area contributed by atoms with Gasteiger partial charge in [-0.25, -0.2) is 9.18 Å². The van der Waals surface area contributed by atoms with Gasteiger partial charge in [-0.1, -0.05) is 6.07 Å². The Morgan fingerprint density at radius 1 is 1.29 bits per heavy atom. The lowest BCUT2D eigenvalue weighted by Gasteiger charge is -2.23. The normalized spacial score (nSPS) is 15.5. The Kier molecular flexibility index (Phi) is 6.27. The molecule has 0 atom stereocenters. The summed E-state index contributed by atoms with van der Waals surface area (Å²) >= 11 is 0. The molecule has 116 valence electrons. The van der Waals surface area contributed by atoms with Crippen LogP contribution in [0.15, 0.2) is 24.3 Å². The summed E-state index contributed by atoms with van der Waals surface area (Å²) in [5.41, 5.74) is 0.752. The number of urea groups is 1. The van der Waals surface area contributed by atoms with E-state index >= 15 is 0 Å². The highest BCUT2D eigenvalue weighted by molar-refractivity contribution is 5.74. The number of anilines is 1. The molecule has 1 saturated heterocycles. The van der Waals surface area contributed by atoms with Gasteiger partial charge in [0.05, 0.1) is 0 Å². The van der Waals surface area contributed by atoms with Crippen LogP contribution in [-0.4, -0.2) is 38.4 Å². The van der Waals surface area contributed by atoms with Crippen LogP contribution in [0.5, 0.6) is 0 Å². The molecular formula is C15H22FN3O2. The maximum atomic E-state index is 13.0. The highest BCUT2D eigenvalue weighted by Gasteiger charge is 2.15. The van der Waals surface area contributed by atoms with Crippen molar-refractivity contribution < 1.29 is 13.9 Å². The van der Waals surface area contributed by atoms with E-state index in [1.54, 1.807) is 6.07 Å². The zero-order valence-corrected chi connectivity index (χ0v) is 12.0. The van der Waals surface area contributed by atoms with Crippen LogP contribution in [-0.2, 0) is 4.74 Å². The first-order valence-electron chi connectivity index (χ1n) is 7.35. The number of ether oxygens (including phenoxy) is 1. The molecule has 1 aliphatic rings. The Bertz CT molecular complexity index is 450. The summed E-state index contributed by atoms with van der Waals surface area (Å²) in [5.74, 6) is -0.256. The maximum Gasteiger partial charge on any atom is 0.315 e. The Labute approximate surface area is 124 Å². The van der Waals surface area contributed by atoms with Gasteiger partial charge in [-0.2, -0.15) is 0 Å². The van der Waals surface area contributed by atoms with Crippen LogP contribution in [0.4, 0.5) is 14.9 Å². The summed E-state index contributed by atoms with van der Waals surface area (Å²) in [5, 5.41) is 8.87. The van der Waals surface area contributed by atoms with Gasteiger partial charge in [0, 0.05) is 38.0 Å². The third kappa shape index (κ3) is 5.99. The number of amides is 2. The second-order valence-corrected chi connectivity index (χ2v) is 5.08. The van der Waals surface area contributed by atoms with Crippen molar-refractivity contribution in [2.75, 3.05) is 31.6 Å². The minimum absolute atomic E-state index is 0.132. The molecule has 1 aromatic rings. The van der Waals surface area contributed by atoms with Gasteiger partial charge in [-0.3, -0.25) is 0 Å². The monoisotopic (exact) mass is 295 g/mol. The average molecular weight is 295 g/mol. The van der Waals surface area contributed by atoms with E-state index in [2.05, 4.69) is 16.0 Å². The summed E-state index contributed by atoms with van der Waals surface area (Å²) < 4.78 is 18.2. The number of nitrogens with one attached hydrogen (secondary N) is 3. The van der Waals surface area contributed by atoms with Crippen molar-refractivity contribution >= 4 is 11.7 Å². The smallest absolute Gasteiger partial charge is 0.315 e. The number of carbonyl (C=O) groups is 1. The van der Waals surface area contributed by atoms with Crippen molar-refractivity contribution in [3.05, 3.63) is 30.1 Å². The molecule has 0 radical (unpaired) electrons. The zero-order chi connectivity index (χ0) is 14.9. The Morgan fingerprint density at radius 3 is 2.86 bits per heavy atom. The van der Waals surface area contributed by atoms with Gasteiger partial charge in [-0.05, 0) is 37.5 Å². The fourth-order valence-electron chi connectivity index (χ4n) is 2.20. The highest BCUT2D eigenvalue weighted by atomic mass is 19.1. The lowest BCUT2D eigenvalue weighted by Crippen LogP contribution is -2.44. The van der Waals surface area contributed by atoms with E-state index in [0.717, 1.165) is 24.9 Å². The second kappa shape index (κ2) is 8.46. The lowest BCUT2D eigenvalue weighted by molar-refractivity contribution is 0.0801. The number of hydrogen-bond acceptors (Lipinski definition) is 3. The van der Waals surface area contributed by atoms with Crippen LogP contribution in [0.2, 0.25) is 0 Å². The number of halogens is 1. The van der Waals surface area contributed by atoms with E-state index in [0.29, 0.717) is 26.3 Å². The summed E-state index contributed by atoms with van der Waals surface area (Å²) in [6, 6.07) is 6.42. The number of hydrogen-bond donors (Lipinski definition) is 3. The van der Waals surface area contributed by atoms with Crippen molar-refractivity contribution in [1.29, 1.82) is 0 Å². The zero-order valence-electron chi connectivity index (χ0n) is 12.0. The molecule has 1 aliphatic heterocycles. The molecule has 6 heteroatoms. The van der Waals surface area contributed by atoms with Gasteiger partial charge < -0.3 is 20.7 Å². The molecule has 2 rings (SSSR count). The molecule has 1 heterocycles. The molecule has 2 amide bonds. The van der Waals surface area contributed by atoms with Crippen LogP contribution in [0.3, 0.4) is 0 Å². The van der Waals surface area contributed by atoms with Gasteiger partial charge in [0.15, 0.2) is 0 Å². The molecule has 0 unspecified atom stereocenters. The molecule has 0 saturated carbocycles. The fraction of sp³-hybridized carbons (Fsp3) is 0.533. The molecule has 0 bridgehead atoms. The summed E-state index contributed by atoms with van der Waals surface area (Å²) in [6.07, 6.45) is 2.51. The minimum atomic E-state index is -0.256. The quantitative estimate of drug-likeness (QED) is 0.704. The van der Waals surface area contributed by atoms with E-state index in [4.69, 9.17) is 4.74 Å². The third-order valence-corrected chi connectivity index (χ3v) is 3.35. The molecule has 0 aromatic heterocycles. The van der Waals surface area contributed by atoms with Crippen molar-refractivity contribution in [3.8, 4) is 0 Å². The SMILES string of the molecule is O=C(NCCCNc1cccc(F)c1)NC1CCOCC1. The largest absolute Gasteiger partial charge is 0.385 e. The molecule has 0 spiro atoms. The minimum Gasteiger partial charge on any atom is -0.385 e. The summed E-state index contributed by atoms with van der Waals surface area (Å²) in [7, 11) is 0. The van der Waals surface area contributed by atoms with Crippen molar-refractivity contribution in [2.24, 2.45) is 0 Å². The van der Waals surface area contributed by atoms with E-state index in [-0.39, 0.29) is 17.9 Å². The highest BCUT2D eigenvalue weighted by Crippen LogP contribution is 2.08. The van der Waals surface area contributed by atoms with Crippen LogP contribution < -0.4 is 16.0 Å². The number of benzene rings is 1. The van der Waals surface area contributed by atoms with Crippen LogP contribution in [0.1, 0.15) is 19.3 Å². The van der Waals surface area contributed by atoms with E-state index in [1.807, 2.05) is 6.07 Å². The predicted octanol–water partition coefficient (Wildman–Crippen LogP) is 2.11. The van der Waals surface area contributed by atoms with Crippen LogP contribution in [0, 0.1) is 5.82 Å². The average Bonchev–Trinajstić information content (AvgIpc) is 2.48. The topological polar surface area (TPSA) is 62.4 Å². The van der Waals surface area contributed by atoms with Crippen molar-refractivity contribution in [2.45, 2.75) is 25.3 Å². The van der Waals surface area contributed by atoms with Gasteiger partial charge in [-0.15, -0.1) is 0 Å². The van der Waals surface area contributed by atoms with Gasteiger partial charge in [0.1, 0.15) is 5.82 Å². The van der Waals surface area contributed by atoms with E-state index in [1.165, 1.54) is 12.1 Å². The molecule has 1 fully saturated rings. The third-order valence-electron chi connectivity index (χ3n) is 3.35. The fourth-order valence-corrected chi connectivity index (χ4v) is 2.20. The maximum absolute atomic E-state index is 13.0. The second-order valence-electron chi connectivity index (χ2n) is 5.08. The lowest BCUT2D eigenvalue weighted by atomic mass is 10.1. The van der Waals surface area contributed by atoms with E-state index in [9.17, 15) is 9.18 Å². The van der Waals surface area contributed by atoms with Crippen molar-refractivity contribution in [3.63, 3.8) is 0 Å². The molecule has 21 heavy (non-hydrogen) atoms. The first kappa shape index (κ1) is 15.6. The van der Waals surface area contributed by atoms with Gasteiger partial charge in [0.25, 0.3) is 0 Å². The molecule has 5 nitrogen and oxygen atoms in total. The summed E-state index contributed by atoms with van der Waals surface area (Å²) in [6.45, 7) is 2.68. The Morgan fingerprint density at radius 2 is 2.10 bits per heavy atom. The molecular weight excluding hydrogens is 273 g/mol. The van der Waals surface area contributed by atoms with Crippen LogP contribution in [0.25, 0.3) is 0 Å². The molecule has 3 N–H and O–H groups in total. The summed E-state index contributed by atoms with van der Waals surface area (Å²) in [4.78, 5) is 11.7. The van der Waals surface area contributed by atoms with Gasteiger partial charge >= 0.3 is 6.03 Å². The van der Waals surface area contributed by atoms with E-state index < -0.39 is 0 Å². The Hall–Kier alpha value is -1.82. The first-order valence-corrected chi connectivity index (χ1v) is 7.35. The number of rotatable bonds is 6. The Balaban J connectivity index is 1.53. The van der Waals surface area contributed by atoms with Crippen molar-refractivity contribution in [1.82, 2.24) is 10.6 Å². The first-order chi connectivity index (χ1) is 10.2. The number of carbonyl (C=O) groups excluding carboxylic acids is 1. The van der Waals surface area contributed by atoms with Gasteiger partial charge in [0.2, 0.25) is 0 Å². The predicted molar refractivity (Wildman–Crippen MR) is 79.9 cm³/mol. The standard InChI is InChI=1S/C15H22FN3O2/c16-12-3-1-4-14(11-12)17-7-2-8-18-15(20)19-13-5-9-21-10-6-13/h1,3-4,11,13,17H,2,5-10H2,(H2,18,19,20). The molecule has 1 aromatic carbocycles.